The SMILES string of the molecule is C[C@H]1CC[C@@H](C#N)N1C(=O)[C@@H](N)CC(C)(C)C. The second kappa shape index (κ2) is 5.05. The zero-order valence-electron chi connectivity index (χ0n) is 11.2. The molecule has 0 bridgehead atoms. The van der Waals surface area contributed by atoms with Crippen LogP contribution in [-0.2, 0) is 4.79 Å². The molecule has 2 N–H and O–H groups in total. The maximum atomic E-state index is 12.3. The van der Waals surface area contributed by atoms with Gasteiger partial charge in [0.25, 0.3) is 0 Å². The fourth-order valence-corrected chi connectivity index (χ4v) is 2.42. The van der Waals surface area contributed by atoms with E-state index >= 15 is 0 Å². The van der Waals surface area contributed by atoms with Crippen molar-refractivity contribution in [3.63, 3.8) is 0 Å². The summed E-state index contributed by atoms with van der Waals surface area (Å²) in [4.78, 5) is 13.9. The van der Waals surface area contributed by atoms with Crippen molar-refractivity contribution in [2.45, 2.75) is 65.1 Å². The molecule has 1 aliphatic rings. The topological polar surface area (TPSA) is 70.1 Å². The van der Waals surface area contributed by atoms with E-state index in [-0.39, 0.29) is 23.4 Å². The molecule has 1 fully saturated rings. The van der Waals surface area contributed by atoms with Crippen molar-refractivity contribution < 1.29 is 4.79 Å². The number of rotatable bonds is 2. The van der Waals surface area contributed by atoms with E-state index in [1.165, 1.54) is 0 Å². The summed E-state index contributed by atoms with van der Waals surface area (Å²) in [5, 5.41) is 9.03. The molecule has 0 aliphatic carbocycles. The molecule has 1 amide bonds. The smallest absolute Gasteiger partial charge is 0.240 e. The molecule has 4 heteroatoms. The maximum Gasteiger partial charge on any atom is 0.240 e. The summed E-state index contributed by atoms with van der Waals surface area (Å²) in [6.07, 6.45) is 2.31. The van der Waals surface area contributed by atoms with E-state index < -0.39 is 6.04 Å². The van der Waals surface area contributed by atoms with Gasteiger partial charge in [0.1, 0.15) is 6.04 Å². The predicted molar refractivity (Wildman–Crippen MR) is 67.0 cm³/mol. The molecule has 0 aromatic rings. The van der Waals surface area contributed by atoms with Crippen LogP contribution in [0.1, 0.15) is 47.0 Å². The van der Waals surface area contributed by atoms with E-state index in [2.05, 4.69) is 26.8 Å². The van der Waals surface area contributed by atoms with Crippen LogP contribution < -0.4 is 5.73 Å². The number of nitriles is 1. The lowest BCUT2D eigenvalue weighted by Crippen LogP contribution is -2.49. The van der Waals surface area contributed by atoms with Crippen molar-refractivity contribution in [1.29, 1.82) is 5.26 Å². The Kier molecular flexibility index (Phi) is 4.16. The van der Waals surface area contributed by atoms with Gasteiger partial charge < -0.3 is 10.6 Å². The third-order valence-corrected chi connectivity index (χ3v) is 3.22. The molecule has 17 heavy (non-hydrogen) atoms. The summed E-state index contributed by atoms with van der Waals surface area (Å²) in [6, 6.07) is 1.55. The zero-order valence-corrected chi connectivity index (χ0v) is 11.2. The fraction of sp³-hybridized carbons (Fsp3) is 0.846. The molecule has 3 atom stereocenters. The Morgan fingerprint density at radius 1 is 1.53 bits per heavy atom. The van der Waals surface area contributed by atoms with Gasteiger partial charge in [0, 0.05) is 6.04 Å². The minimum Gasteiger partial charge on any atom is -0.323 e. The Morgan fingerprint density at radius 3 is 2.59 bits per heavy atom. The number of hydrogen-bond acceptors (Lipinski definition) is 3. The lowest BCUT2D eigenvalue weighted by Gasteiger charge is -2.30. The van der Waals surface area contributed by atoms with Gasteiger partial charge in [0.05, 0.1) is 12.1 Å². The molecule has 0 aromatic carbocycles. The molecule has 0 spiro atoms. The highest BCUT2D eigenvalue weighted by atomic mass is 16.2. The summed E-state index contributed by atoms with van der Waals surface area (Å²) in [6.45, 7) is 8.18. The molecule has 0 saturated carbocycles. The summed E-state index contributed by atoms with van der Waals surface area (Å²) >= 11 is 0. The van der Waals surface area contributed by atoms with Crippen LogP contribution in [0.2, 0.25) is 0 Å². The van der Waals surface area contributed by atoms with Crippen LogP contribution in [0.4, 0.5) is 0 Å². The molecule has 0 aromatic heterocycles. The Labute approximate surface area is 104 Å². The predicted octanol–water partition coefficient (Wildman–Crippen LogP) is 1.65. The molecular formula is C13H23N3O. The lowest BCUT2D eigenvalue weighted by molar-refractivity contribution is -0.135. The first-order valence-corrected chi connectivity index (χ1v) is 6.23. The van der Waals surface area contributed by atoms with Crippen molar-refractivity contribution in [2.75, 3.05) is 0 Å². The highest BCUT2D eigenvalue weighted by molar-refractivity contribution is 5.83. The molecule has 0 radical (unpaired) electrons. The second-order valence-electron chi connectivity index (χ2n) is 6.19. The van der Waals surface area contributed by atoms with E-state index in [0.717, 1.165) is 12.8 Å². The van der Waals surface area contributed by atoms with Gasteiger partial charge in [-0.15, -0.1) is 0 Å². The van der Waals surface area contributed by atoms with Crippen molar-refractivity contribution in [3.05, 3.63) is 0 Å². The van der Waals surface area contributed by atoms with Gasteiger partial charge in [-0.05, 0) is 31.6 Å². The van der Waals surface area contributed by atoms with E-state index in [4.69, 9.17) is 11.0 Å². The summed E-state index contributed by atoms with van der Waals surface area (Å²) in [5.74, 6) is -0.0727. The van der Waals surface area contributed by atoms with E-state index in [1.807, 2.05) is 6.92 Å². The first-order valence-electron chi connectivity index (χ1n) is 6.23. The fourth-order valence-electron chi connectivity index (χ4n) is 2.42. The molecule has 1 aliphatic heterocycles. The summed E-state index contributed by atoms with van der Waals surface area (Å²) < 4.78 is 0. The van der Waals surface area contributed by atoms with Crippen LogP contribution in [0.5, 0.6) is 0 Å². The Balaban J connectivity index is 2.72. The minimum absolute atomic E-state index is 0.0280. The van der Waals surface area contributed by atoms with Crippen LogP contribution in [0, 0.1) is 16.7 Å². The van der Waals surface area contributed by atoms with Gasteiger partial charge in [-0.2, -0.15) is 5.26 Å². The number of carbonyl (C=O) groups is 1. The normalized spacial score (nSPS) is 26.7. The van der Waals surface area contributed by atoms with Crippen LogP contribution in [0.15, 0.2) is 0 Å². The van der Waals surface area contributed by atoms with Gasteiger partial charge in [-0.3, -0.25) is 4.79 Å². The summed E-state index contributed by atoms with van der Waals surface area (Å²) in [5.41, 5.74) is 5.99. The number of nitrogens with two attached hydrogens (primary N) is 1. The van der Waals surface area contributed by atoms with Crippen molar-refractivity contribution in [3.8, 4) is 6.07 Å². The second-order valence-corrected chi connectivity index (χ2v) is 6.19. The molecule has 96 valence electrons. The van der Waals surface area contributed by atoms with Crippen LogP contribution in [0.25, 0.3) is 0 Å². The van der Waals surface area contributed by atoms with Crippen LogP contribution in [-0.4, -0.2) is 28.9 Å². The molecule has 0 unspecified atom stereocenters. The summed E-state index contributed by atoms with van der Waals surface area (Å²) in [7, 11) is 0. The van der Waals surface area contributed by atoms with Gasteiger partial charge >= 0.3 is 0 Å². The first kappa shape index (κ1) is 14.0. The van der Waals surface area contributed by atoms with Crippen LogP contribution in [0.3, 0.4) is 0 Å². The Bertz CT molecular complexity index is 327. The van der Waals surface area contributed by atoms with Crippen molar-refractivity contribution in [2.24, 2.45) is 11.1 Å². The lowest BCUT2D eigenvalue weighted by atomic mass is 9.88. The highest BCUT2D eigenvalue weighted by Gasteiger charge is 2.37. The monoisotopic (exact) mass is 237 g/mol. The molecule has 4 nitrogen and oxygen atoms in total. The average Bonchev–Trinajstić information content (AvgIpc) is 2.55. The number of nitrogens with zero attached hydrogens (tertiary/aromatic N) is 2. The van der Waals surface area contributed by atoms with Gasteiger partial charge in [0.2, 0.25) is 5.91 Å². The maximum absolute atomic E-state index is 12.3. The standard InChI is InChI=1S/C13H23N3O/c1-9-5-6-10(8-14)16(9)12(17)11(15)7-13(2,3)4/h9-11H,5-7,15H2,1-4H3/t9-,10-,11-/m0/s1. The van der Waals surface area contributed by atoms with Gasteiger partial charge in [-0.1, -0.05) is 20.8 Å². The minimum atomic E-state index is -0.494. The first-order chi connectivity index (χ1) is 7.76. The van der Waals surface area contributed by atoms with E-state index in [9.17, 15) is 4.79 Å². The molecular weight excluding hydrogens is 214 g/mol. The third-order valence-electron chi connectivity index (χ3n) is 3.22. The van der Waals surface area contributed by atoms with E-state index in [1.54, 1.807) is 4.90 Å². The number of likely N-dealkylation sites (tertiary alicyclic amines) is 1. The Morgan fingerprint density at radius 2 is 2.12 bits per heavy atom. The molecule has 1 heterocycles. The van der Waals surface area contributed by atoms with Gasteiger partial charge in [0.15, 0.2) is 0 Å². The quantitative estimate of drug-likeness (QED) is 0.794. The molecule has 1 rings (SSSR count). The largest absolute Gasteiger partial charge is 0.323 e. The van der Waals surface area contributed by atoms with Gasteiger partial charge in [-0.25, -0.2) is 0 Å². The van der Waals surface area contributed by atoms with E-state index in [0.29, 0.717) is 6.42 Å². The van der Waals surface area contributed by atoms with Crippen molar-refractivity contribution >= 4 is 5.91 Å². The molecule has 1 saturated heterocycles. The third kappa shape index (κ3) is 3.44. The highest BCUT2D eigenvalue weighted by Crippen LogP contribution is 2.26. The number of hydrogen-bond donors (Lipinski definition) is 1. The van der Waals surface area contributed by atoms with Crippen molar-refractivity contribution in [1.82, 2.24) is 4.90 Å². The zero-order chi connectivity index (χ0) is 13.2. The average molecular weight is 237 g/mol. The van der Waals surface area contributed by atoms with Crippen LogP contribution >= 0.6 is 0 Å². The Hall–Kier alpha value is -1.08. The number of carbonyl (C=O) groups excluding carboxylic acids is 1. The number of amides is 1.